The number of aromatic nitrogens is 1. The third-order valence-electron chi connectivity index (χ3n) is 3.09. The lowest BCUT2D eigenvalue weighted by atomic mass is 10.1. The first-order chi connectivity index (χ1) is 8.83. The first-order valence-electron chi connectivity index (χ1n) is 7.18. The maximum absolute atomic E-state index is 5.73. The highest BCUT2D eigenvalue weighted by Crippen LogP contribution is 2.11. The lowest BCUT2D eigenvalue weighted by Crippen LogP contribution is -2.01. The van der Waals surface area contributed by atoms with Crippen LogP contribution in [0.25, 0.3) is 0 Å². The average molecular weight is 269 g/mol. The van der Waals surface area contributed by atoms with Gasteiger partial charge in [0.2, 0.25) is 0 Å². The molecule has 1 rings (SSSR count). The number of nitrogens with one attached hydrogen (secondary N) is 1. The van der Waals surface area contributed by atoms with Crippen LogP contribution in [-0.4, -0.2) is 11.5 Å². The summed E-state index contributed by atoms with van der Waals surface area (Å²) in [5.74, 6) is 0. The maximum Gasteiger partial charge on any atom is 0.129 e. The van der Waals surface area contributed by atoms with E-state index in [0.717, 1.165) is 12.2 Å². The van der Waals surface area contributed by atoms with Gasteiger partial charge in [-0.05, 0) is 18.6 Å². The Bertz CT molecular complexity index is 298. The highest BCUT2D eigenvalue weighted by atomic mass is 35.5. The van der Waals surface area contributed by atoms with Crippen molar-refractivity contribution in [3.8, 4) is 0 Å². The van der Waals surface area contributed by atoms with Gasteiger partial charge >= 0.3 is 0 Å². The molecule has 0 fully saturated rings. The molecular weight excluding hydrogens is 244 g/mol. The third-order valence-corrected chi connectivity index (χ3v) is 3.31. The summed E-state index contributed by atoms with van der Waals surface area (Å²) in [6.07, 6.45) is 12.6. The summed E-state index contributed by atoms with van der Waals surface area (Å²) in [5.41, 5.74) is 1.06. The molecule has 1 aromatic rings. The van der Waals surface area contributed by atoms with Crippen molar-refractivity contribution >= 4 is 17.3 Å². The second kappa shape index (κ2) is 10.2. The molecule has 0 spiro atoms. The van der Waals surface area contributed by atoms with Crippen LogP contribution in [0.4, 0.5) is 5.69 Å². The van der Waals surface area contributed by atoms with Crippen molar-refractivity contribution in [3.05, 3.63) is 23.5 Å². The van der Waals surface area contributed by atoms with E-state index in [0.29, 0.717) is 5.15 Å². The Morgan fingerprint density at radius 3 is 2.28 bits per heavy atom. The standard InChI is InChI=1S/C15H25ClN2/c1-2-3-4-5-6-7-8-9-12-17-14-10-11-15(16)18-13-14/h10-11,13,17H,2-9,12H2,1H3. The van der Waals surface area contributed by atoms with E-state index in [1.54, 1.807) is 6.20 Å². The molecule has 2 nitrogen and oxygen atoms in total. The molecule has 0 aromatic carbocycles. The van der Waals surface area contributed by atoms with E-state index in [2.05, 4.69) is 17.2 Å². The second-order valence-electron chi connectivity index (χ2n) is 4.77. The number of rotatable bonds is 10. The molecule has 0 bridgehead atoms. The number of hydrogen-bond acceptors (Lipinski definition) is 2. The Labute approximate surface area is 116 Å². The summed E-state index contributed by atoms with van der Waals surface area (Å²) in [6, 6.07) is 3.79. The molecule has 0 saturated carbocycles. The topological polar surface area (TPSA) is 24.9 Å². The van der Waals surface area contributed by atoms with Gasteiger partial charge in [-0.25, -0.2) is 4.98 Å². The molecule has 0 aliphatic rings. The van der Waals surface area contributed by atoms with Gasteiger partial charge in [-0.1, -0.05) is 63.5 Å². The average Bonchev–Trinajstić information content (AvgIpc) is 2.39. The molecule has 0 saturated heterocycles. The third kappa shape index (κ3) is 7.54. The van der Waals surface area contributed by atoms with Crippen molar-refractivity contribution in [2.75, 3.05) is 11.9 Å². The Morgan fingerprint density at radius 2 is 1.67 bits per heavy atom. The van der Waals surface area contributed by atoms with Gasteiger partial charge in [-0.15, -0.1) is 0 Å². The maximum atomic E-state index is 5.73. The summed E-state index contributed by atoms with van der Waals surface area (Å²) in [5, 5.41) is 3.91. The zero-order valence-corrected chi connectivity index (χ0v) is 12.2. The van der Waals surface area contributed by atoms with Crippen molar-refractivity contribution < 1.29 is 0 Å². The van der Waals surface area contributed by atoms with E-state index in [-0.39, 0.29) is 0 Å². The number of halogens is 1. The van der Waals surface area contributed by atoms with Crippen LogP contribution in [0.1, 0.15) is 58.3 Å². The Hall–Kier alpha value is -0.760. The van der Waals surface area contributed by atoms with E-state index in [1.807, 2.05) is 12.1 Å². The van der Waals surface area contributed by atoms with Crippen LogP contribution in [0.2, 0.25) is 5.15 Å². The van der Waals surface area contributed by atoms with E-state index in [1.165, 1.54) is 51.4 Å². The SMILES string of the molecule is CCCCCCCCCCNc1ccc(Cl)nc1. The number of pyridine rings is 1. The summed E-state index contributed by atoms with van der Waals surface area (Å²) in [4.78, 5) is 4.04. The molecule has 0 aliphatic carbocycles. The van der Waals surface area contributed by atoms with E-state index >= 15 is 0 Å². The number of hydrogen-bond donors (Lipinski definition) is 1. The van der Waals surface area contributed by atoms with Gasteiger partial charge in [0.1, 0.15) is 5.15 Å². The fraction of sp³-hybridized carbons (Fsp3) is 0.667. The highest BCUT2D eigenvalue weighted by Gasteiger charge is 1.94. The summed E-state index contributed by atoms with van der Waals surface area (Å²) in [6.45, 7) is 3.29. The van der Waals surface area contributed by atoms with E-state index in [9.17, 15) is 0 Å². The molecule has 18 heavy (non-hydrogen) atoms. The lowest BCUT2D eigenvalue weighted by molar-refractivity contribution is 0.581. The number of unbranched alkanes of at least 4 members (excludes halogenated alkanes) is 7. The molecule has 0 radical (unpaired) electrons. The van der Waals surface area contributed by atoms with Crippen LogP contribution >= 0.6 is 11.6 Å². The predicted molar refractivity (Wildman–Crippen MR) is 80.3 cm³/mol. The van der Waals surface area contributed by atoms with Crippen LogP contribution in [0.5, 0.6) is 0 Å². The van der Waals surface area contributed by atoms with Crippen molar-refractivity contribution in [3.63, 3.8) is 0 Å². The first-order valence-corrected chi connectivity index (χ1v) is 7.56. The second-order valence-corrected chi connectivity index (χ2v) is 5.16. The molecular formula is C15H25ClN2. The fourth-order valence-electron chi connectivity index (χ4n) is 1.97. The van der Waals surface area contributed by atoms with Crippen LogP contribution in [0, 0.1) is 0 Å². The number of anilines is 1. The molecule has 1 aromatic heterocycles. The minimum atomic E-state index is 0.549. The normalized spacial score (nSPS) is 10.6. The summed E-state index contributed by atoms with van der Waals surface area (Å²) in [7, 11) is 0. The van der Waals surface area contributed by atoms with Gasteiger partial charge in [0.05, 0.1) is 11.9 Å². The first kappa shape index (κ1) is 15.3. The van der Waals surface area contributed by atoms with E-state index in [4.69, 9.17) is 11.6 Å². The highest BCUT2D eigenvalue weighted by molar-refractivity contribution is 6.29. The zero-order chi connectivity index (χ0) is 13.1. The summed E-state index contributed by atoms with van der Waals surface area (Å²) >= 11 is 5.73. The molecule has 3 heteroatoms. The van der Waals surface area contributed by atoms with Crippen LogP contribution in [-0.2, 0) is 0 Å². The molecule has 0 amide bonds. The smallest absolute Gasteiger partial charge is 0.129 e. The molecule has 0 unspecified atom stereocenters. The molecule has 1 N–H and O–H groups in total. The van der Waals surface area contributed by atoms with Crippen molar-refractivity contribution in [1.82, 2.24) is 4.98 Å². The van der Waals surface area contributed by atoms with E-state index < -0.39 is 0 Å². The largest absolute Gasteiger partial charge is 0.384 e. The molecule has 0 atom stereocenters. The van der Waals surface area contributed by atoms with Gasteiger partial charge < -0.3 is 5.32 Å². The predicted octanol–water partition coefficient (Wildman–Crippen LogP) is 5.29. The zero-order valence-electron chi connectivity index (χ0n) is 11.4. The van der Waals surface area contributed by atoms with Crippen molar-refractivity contribution in [1.29, 1.82) is 0 Å². The number of nitrogens with zero attached hydrogens (tertiary/aromatic N) is 1. The van der Waals surface area contributed by atoms with Crippen molar-refractivity contribution in [2.24, 2.45) is 0 Å². The molecule has 1 heterocycles. The minimum absolute atomic E-state index is 0.549. The monoisotopic (exact) mass is 268 g/mol. The van der Waals surface area contributed by atoms with Gasteiger partial charge in [-0.2, -0.15) is 0 Å². The Morgan fingerprint density at radius 1 is 1.00 bits per heavy atom. The minimum Gasteiger partial charge on any atom is -0.384 e. The van der Waals surface area contributed by atoms with Crippen LogP contribution in [0.15, 0.2) is 18.3 Å². The molecule has 102 valence electrons. The lowest BCUT2D eigenvalue weighted by Gasteiger charge is -2.05. The van der Waals surface area contributed by atoms with Crippen molar-refractivity contribution in [2.45, 2.75) is 58.3 Å². The van der Waals surface area contributed by atoms with Gasteiger partial charge in [0.15, 0.2) is 0 Å². The summed E-state index contributed by atoms with van der Waals surface area (Å²) < 4.78 is 0. The van der Waals surface area contributed by atoms with Crippen LogP contribution < -0.4 is 5.32 Å². The van der Waals surface area contributed by atoms with Crippen LogP contribution in [0.3, 0.4) is 0 Å². The Kier molecular flexibility index (Phi) is 8.66. The van der Waals surface area contributed by atoms with Gasteiger partial charge in [0, 0.05) is 6.54 Å². The fourth-order valence-corrected chi connectivity index (χ4v) is 2.08. The molecule has 0 aliphatic heterocycles. The van der Waals surface area contributed by atoms with Gasteiger partial charge in [0.25, 0.3) is 0 Å². The van der Waals surface area contributed by atoms with Gasteiger partial charge in [-0.3, -0.25) is 0 Å². The Balaban J connectivity index is 1.91. The quantitative estimate of drug-likeness (QED) is 0.461.